The Balaban J connectivity index is 2.16. The van der Waals surface area contributed by atoms with E-state index in [0.29, 0.717) is 12.0 Å². The fourth-order valence-corrected chi connectivity index (χ4v) is 1.82. The van der Waals surface area contributed by atoms with Crippen molar-refractivity contribution in [2.24, 2.45) is 5.92 Å². The lowest BCUT2D eigenvalue weighted by molar-refractivity contribution is 0.352. The van der Waals surface area contributed by atoms with Crippen molar-refractivity contribution in [1.29, 1.82) is 0 Å². The predicted molar refractivity (Wildman–Crippen MR) is 46.2 cm³/mol. The van der Waals surface area contributed by atoms with E-state index in [1.807, 2.05) is 0 Å². The van der Waals surface area contributed by atoms with Crippen LogP contribution in [0.5, 0.6) is 0 Å². The number of rotatable bonds is 0. The van der Waals surface area contributed by atoms with E-state index in [1.54, 1.807) is 0 Å². The van der Waals surface area contributed by atoms with Crippen LogP contribution in [0.25, 0.3) is 0 Å². The van der Waals surface area contributed by atoms with Crippen molar-refractivity contribution in [2.45, 2.75) is 13.0 Å². The third-order valence-electron chi connectivity index (χ3n) is 2.46. The van der Waals surface area contributed by atoms with E-state index >= 15 is 0 Å². The highest BCUT2D eigenvalue weighted by Crippen LogP contribution is 2.19. The second-order valence-corrected chi connectivity index (χ2v) is 3.27. The fourth-order valence-electron chi connectivity index (χ4n) is 1.82. The smallest absolute Gasteiger partial charge is 0.0459 e. The summed E-state index contributed by atoms with van der Waals surface area (Å²) in [5.74, 6) is 0.661. The number of hydrogen-bond acceptors (Lipinski definition) is 2. The Morgan fingerprint density at radius 1 is 1.55 bits per heavy atom. The minimum absolute atomic E-state index is 0.584. The lowest BCUT2D eigenvalue weighted by Crippen LogP contribution is -2.51. The van der Waals surface area contributed by atoms with Crippen LogP contribution in [-0.4, -0.2) is 19.3 Å². The number of hydrogen-bond donors (Lipinski definition) is 2. The Bertz CT molecular complexity index is 206. The van der Waals surface area contributed by atoms with Crippen LogP contribution in [0.15, 0.2) is 23.8 Å². The molecule has 2 unspecified atom stereocenters. The molecule has 11 heavy (non-hydrogen) atoms. The van der Waals surface area contributed by atoms with Crippen LogP contribution in [0.1, 0.15) is 6.92 Å². The van der Waals surface area contributed by atoms with Gasteiger partial charge in [-0.3, -0.25) is 5.32 Å². The van der Waals surface area contributed by atoms with E-state index in [-0.39, 0.29) is 0 Å². The molecule has 1 saturated heterocycles. The molecular formula is C9H14N2. The SMILES string of the molecule is CC1=CC=CC2CNCNC12. The summed E-state index contributed by atoms with van der Waals surface area (Å²) in [4.78, 5) is 0. The first kappa shape index (κ1) is 7.07. The second kappa shape index (κ2) is 2.80. The predicted octanol–water partition coefficient (Wildman–Crippen LogP) is 0.638. The zero-order chi connectivity index (χ0) is 7.68. The lowest BCUT2D eigenvalue weighted by atomic mass is 9.88. The molecule has 60 valence electrons. The maximum atomic E-state index is 3.44. The summed E-state index contributed by atoms with van der Waals surface area (Å²) in [5.41, 5.74) is 1.46. The summed E-state index contributed by atoms with van der Waals surface area (Å²) in [6.45, 7) is 4.25. The van der Waals surface area contributed by atoms with E-state index in [1.165, 1.54) is 5.57 Å². The van der Waals surface area contributed by atoms with Crippen LogP contribution in [0.2, 0.25) is 0 Å². The molecule has 0 aromatic rings. The van der Waals surface area contributed by atoms with Gasteiger partial charge in [0.25, 0.3) is 0 Å². The molecule has 1 fully saturated rings. The van der Waals surface area contributed by atoms with Gasteiger partial charge in [0.15, 0.2) is 0 Å². The molecule has 1 heterocycles. The Hall–Kier alpha value is -0.600. The van der Waals surface area contributed by atoms with Crippen LogP contribution in [0, 0.1) is 5.92 Å². The first-order valence-corrected chi connectivity index (χ1v) is 4.17. The molecule has 0 amide bonds. The summed E-state index contributed by atoms with van der Waals surface area (Å²) in [6.07, 6.45) is 6.63. The molecule has 0 bridgehead atoms. The highest BCUT2D eigenvalue weighted by atomic mass is 15.1. The van der Waals surface area contributed by atoms with Crippen molar-refractivity contribution in [3.63, 3.8) is 0 Å². The molecule has 0 spiro atoms. The zero-order valence-electron chi connectivity index (χ0n) is 6.80. The van der Waals surface area contributed by atoms with Crippen molar-refractivity contribution in [2.75, 3.05) is 13.2 Å². The van der Waals surface area contributed by atoms with Gasteiger partial charge in [0, 0.05) is 25.2 Å². The van der Waals surface area contributed by atoms with Gasteiger partial charge in [-0.15, -0.1) is 0 Å². The van der Waals surface area contributed by atoms with Gasteiger partial charge in [-0.25, -0.2) is 0 Å². The third-order valence-corrected chi connectivity index (χ3v) is 2.46. The van der Waals surface area contributed by atoms with Crippen molar-refractivity contribution >= 4 is 0 Å². The summed E-state index contributed by atoms with van der Waals surface area (Å²) in [6, 6.07) is 0.584. The minimum Gasteiger partial charge on any atom is -0.304 e. The molecule has 1 aliphatic carbocycles. The normalized spacial score (nSPS) is 36.3. The van der Waals surface area contributed by atoms with Crippen LogP contribution in [0.4, 0.5) is 0 Å². The minimum atomic E-state index is 0.584. The highest BCUT2D eigenvalue weighted by molar-refractivity contribution is 5.25. The summed E-state index contributed by atoms with van der Waals surface area (Å²) >= 11 is 0. The quantitative estimate of drug-likeness (QED) is 0.529. The van der Waals surface area contributed by atoms with Crippen LogP contribution < -0.4 is 10.6 Å². The van der Waals surface area contributed by atoms with E-state index in [4.69, 9.17) is 0 Å². The molecule has 0 aromatic carbocycles. The van der Waals surface area contributed by atoms with Gasteiger partial charge < -0.3 is 5.32 Å². The first-order valence-electron chi connectivity index (χ1n) is 4.17. The van der Waals surface area contributed by atoms with Crippen molar-refractivity contribution in [3.05, 3.63) is 23.8 Å². The van der Waals surface area contributed by atoms with Gasteiger partial charge in [0.2, 0.25) is 0 Å². The summed E-state index contributed by atoms with van der Waals surface area (Å²) in [5, 5.41) is 6.76. The molecule has 2 nitrogen and oxygen atoms in total. The van der Waals surface area contributed by atoms with E-state index in [2.05, 4.69) is 35.8 Å². The number of nitrogens with one attached hydrogen (secondary N) is 2. The average Bonchev–Trinajstić information content (AvgIpc) is 2.06. The van der Waals surface area contributed by atoms with Gasteiger partial charge in [-0.1, -0.05) is 23.8 Å². The molecule has 2 atom stereocenters. The topological polar surface area (TPSA) is 24.1 Å². The Morgan fingerprint density at radius 3 is 3.27 bits per heavy atom. The van der Waals surface area contributed by atoms with Crippen molar-refractivity contribution < 1.29 is 0 Å². The van der Waals surface area contributed by atoms with Crippen molar-refractivity contribution in [3.8, 4) is 0 Å². The van der Waals surface area contributed by atoms with Gasteiger partial charge >= 0.3 is 0 Å². The zero-order valence-corrected chi connectivity index (χ0v) is 6.80. The molecular weight excluding hydrogens is 136 g/mol. The molecule has 2 aliphatic rings. The Labute approximate surface area is 67.4 Å². The third kappa shape index (κ3) is 1.24. The maximum Gasteiger partial charge on any atom is 0.0459 e. The van der Waals surface area contributed by atoms with Gasteiger partial charge in [-0.2, -0.15) is 0 Å². The maximum absolute atomic E-state index is 3.44. The van der Waals surface area contributed by atoms with Gasteiger partial charge in [-0.05, 0) is 6.92 Å². The second-order valence-electron chi connectivity index (χ2n) is 3.27. The first-order chi connectivity index (χ1) is 5.38. The van der Waals surface area contributed by atoms with E-state index < -0.39 is 0 Å². The largest absolute Gasteiger partial charge is 0.304 e. The summed E-state index contributed by atoms with van der Waals surface area (Å²) < 4.78 is 0. The summed E-state index contributed by atoms with van der Waals surface area (Å²) in [7, 11) is 0. The van der Waals surface area contributed by atoms with Crippen LogP contribution in [-0.2, 0) is 0 Å². The van der Waals surface area contributed by atoms with Gasteiger partial charge in [0.05, 0.1) is 0 Å². The van der Waals surface area contributed by atoms with Crippen LogP contribution in [0.3, 0.4) is 0 Å². The monoisotopic (exact) mass is 150 g/mol. The highest BCUT2D eigenvalue weighted by Gasteiger charge is 2.24. The number of allylic oxidation sites excluding steroid dienone is 2. The fraction of sp³-hybridized carbons (Fsp3) is 0.556. The molecule has 0 saturated carbocycles. The molecule has 2 rings (SSSR count). The van der Waals surface area contributed by atoms with Crippen molar-refractivity contribution in [1.82, 2.24) is 10.6 Å². The lowest BCUT2D eigenvalue weighted by Gasteiger charge is -2.33. The molecule has 0 radical (unpaired) electrons. The van der Waals surface area contributed by atoms with E-state index in [0.717, 1.165) is 13.2 Å². The molecule has 0 aromatic heterocycles. The molecule has 1 aliphatic heterocycles. The van der Waals surface area contributed by atoms with E-state index in [9.17, 15) is 0 Å². The average molecular weight is 150 g/mol. The standard InChI is InChI=1S/C9H14N2/c1-7-3-2-4-8-5-10-6-11-9(7)8/h2-4,8-11H,5-6H2,1H3. The Morgan fingerprint density at radius 2 is 2.45 bits per heavy atom. The van der Waals surface area contributed by atoms with Crippen LogP contribution >= 0.6 is 0 Å². The molecule has 2 N–H and O–H groups in total. The Kier molecular flexibility index (Phi) is 1.80. The molecule has 2 heteroatoms. The van der Waals surface area contributed by atoms with Gasteiger partial charge in [0.1, 0.15) is 0 Å². The number of fused-ring (bicyclic) bond motifs is 1.